The van der Waals surface area contributed by atoms with E-state index in [1.807, 2.05) is 0 Å². The van der Waals surface area contributed by atoms with Crippen LogP contribution in [0.25, 0.3) is 0 Å². The second-order valence-electron chi connectivity index (χ2n) is 3.62. The third-order valence-corrected chi connectivity index (χ3v) is 2.69. The quantitative estimate of drug-likeness (QED) is 0.856. The molecule has 4 heteroatoms. The van der Waals surface area contributed by atoms with Crippen molar-refractivity contribution in [3.05, 3.63) is 28.8 Å². The molecule has 86 valence electrons. The maximum Gasteiger partial charge on any atom is 0.101 e. The molecule has 0 aliphatic heterocycles. The second-order valence-corrected chi connectivity index (χ2v) is 4.06. The molecule has 16 heavy (non-hydrogen) atoms. The standard InChI is InChI=1S/C12H16ClN3/c1-3-16(2)7-6-15-12-8-11(13)5-4-10(12)9-14/h4-5,8,15H,3,6-7H2,1-2H3. The SMILES string of the molecule is CCN(C)CCNc1cc(Cl)ccc1C#N. The Morgan fingerprint density at radius 2 is 2.25 bits per heavy atom. The topological polar surface area (TPSA) is 39.1 Å². The summed E-state index contributed by atoms with van der Waals surface area (Å²) in [5, 5.41) is 12.8. The number of nitriles is 1. The lowest BCUT2D eigenvalue weighted by atomic mass is 10.2. The maximum absolute atomic E-state index is 8.92. The van der Waals surface area contributed by atoms with Gasteiger partial charge in [0.2, 0.25) is 0 Å². The van der Waals surface area contributed by atoms with Crippen molar-refractivity contribution in [3.63, 3.8) is 0 Å². The number of likely N-dealkylation sites (N-methyl/N-ethyl adjacent to an activating group) is 1. The number of nitrogens with zero attached hydrogens (tertiary/aromatic N) is 2. The molecule has 1 rings (SSSR count). The predicted molar refractivity (Wildman–Crippen MR) is 67.8 cm³/mol. The van der Waals surface area contributed by atoms with Gasteiger partial charge in [0.1, 0.15) is 6.07 Å². The number of benzene rings is 1. The summed E-state index contributed by atoms with van der Waals surface area (Å²) >= 11 is 5.88. The minimum absolute atomic E-state index is 0.628. The van der Waals surface area contributed by atoms with Gasteiger partial charge in [0.05, 0.1) is 11.3 Å². The summed E-state index contributed by atoms with van der Waals surface area (Å²) in [4.78, 5) is 2.20. The summed E-state index contributed by atoms with van der Waals surface area (Å²) in [6.45, 7) is 4.87. The molecule has 1 aromatic rings. The molecule has 0 atom stereocenters. The largest absolute Gasteiger partial charge is 0.383 e. The van der Waals surface area contributed by atoms with Crippen LogP contribution in [0.3, 0.4) is 0 Å². The molecule has 0 fully saturated rings. The van der Waals surface area contributed by atoms with Crippen molar-refractivity contribution < 1.29 is 0 Å². The molecule has 3 nitrogen and oxygen atoms in total. The molecular formula is C12H16ClN3. The predicted octanol–water partition coefficient (Wildman–Crippen LogP) is 2.58. The first kappa shape index (κ1) is 12.8. The fraction of sp³-hybridized carbons (Fsp3) is 0.417. The van der Waals surface area contributed by atoms with Gasteiger partial charge in [0, 0.05) is 18.1 Å². The van der Waals surface area contributed by atoms with Gasteiger partial charge in [-0.1, -0.05) is 18.5 Å². The lowest BCUT2D eigenvalue weighted by molar-refractivity contribution is 0.367. The Morgan fingerprint density at radius 1 is 1.50 bits per heavy atom. The summed E-state index contributed by atoms with van der Waals surface area (Å²) in [7, 11) is 2.06. The van der Waals surface area contributed by atoms with E-state index in [2.05, 4.69) is 30.3 Å². The number of nitrogens with one attached hydrogen (secondary N) is 1. The average Bonchev–Trinajstić information content (AvgIpc) is 2.29. The van der Waals surface area contributed by atoms with Crippen molar-refractivity contribution in [1.82, 2.24) is 4.90 Å². The summed E-state index contributed by atoms with van der Waals surface area (Å²) in [5.41, 5.74) is 1.43. The van der Waals surface area contributed by atoms with Crippen LogP contribution in [0.2, 0.25) is 5.02 Å². The Morgan fingerprint density at radius 3 is 2.88 bits per heavy atom. The van der Waals surface area contributed by atoms with Gasteiger partial charge in [0.15, 0.2) is 0 Å². The fourth-order valence-corrected chi connectivity index (χ4v) is 1.47. The highest BCUT2D eigenvalue weighted by molar-refractivity contribution is 6.30. The molecule has 0 bridgehead atoms. The molecule has 0 aliphatic rings. The third kappa shape index (κ3) is 3.73. The van der Waals surface area contributed by atoms with Crippen LogP contribution in [0.4, 0.5) is 5.69 Å². The Labute approximate surface area is 102 Å². The Balaban J connectivity index is 2.59. The first-order valence-electron chi connectivity index (χ1n) is 5.29. The minimum Gasteiger partial charge on any atom is -0.383 e. The zero-order valence-corrected chi connectivity index (χ0v) is 10.4. The van der Waals surface area contributed by atoms with Crippen LogP contribution in [0.15, 0.2) is 18.2 Å². The van der Waals surface area contributed by atoms with Gasteiger partial charge in [-0.05, 0) is 31.8 Å². The molecule has 0 saturated heterocycles. The monoisotopic (exact) mass is 237 g/mol. The molecular weight excluding hydrogens is 222 g/mol. The maximum atomic E-state index is 8.92. The smallest absolute Gasteiger partial charge is 0.101 e. The van der Waals surface area contributed by atoms with E-state index in [4.69, 9.17) is 16.9 Å². The number of rotatable bonds is 5. The van der Waals surface area contributed by atoms with Gasteiger partial charge in [0.25, 0.3) is 0 Å². The van der Waals surface area contributed by atoms with E-state index >= 15 is 0 Å². The number of hydrogen-bond acceptors (Lipinski definition) is 3. The summed E-state index contributed by atoms with van der Waals surface area (Å²) in [6.07, 6.45) is 0. The first-order valence-corrected chi connectivity index (χ1v) is 5.67. The van der Waals surface area contributed by atoms with Crippen LogP contribution in [-0.4, -0.2) is 31.6 Å². The zero-order chi connectivity index (χ0) is 12.0. The van der Waals surface area contributed by atoms with E-state index in [0.717, 1.165) is 25.3 Å². The van der Waals surface area contributed by atoms with E-state index in [0.29, 0.717) is 10.6 Å². The summed E-state index contributed by atoms with van der Waals surface area (Å²) < 4.78 is 0. The highest BCUT2D eigenvalue weighted by atomic mass is 35.5. The molecule has 0 radical (unpaired) electrons. The van der Waals surface area contributed by atoms with Crippen molar-refractivity contribution in [1.29, 1.82) is 5.26 Å². The molecule has 1 aromatic carbocycles. The normalized spacial score (nSPS) is 10.2. The highest BCUT2D eigenvalue weighted by Gasteiger charge is 2.02. The van der Waals surface area contributed by atoms with E-state index in [1.165, 1.54) is 0 Å². The number of anilines is 1. The van der Waals surface area contributed by atoms with Crippen LogP contribution >= 0.6 is 11.6 Å². The fourth-order valence-electron chi connectivity index (χ4n) is 1.30. The molecule has 0 aromatic heterocycles. The Kier molecular flexibility index (Phi) is 5.10. The molecule has 0 unspecified atom stereocenters. The lowest BCUT2D eigenvalue weighted by Crippen LogP contribution is -2.24. The Hall–Kier alpha value is -1.24. The van der Waals surface area contributed by atoms with Crippen LogP contribution in [-0.2, 0) is 0 Å². The Bertz CT molecular complexity index is 384. The van der Waals surface area contributed by atoms with Gasteiger partial charge in [-0.25, -0.2) is 0 Å². The minimum atomic E-state index is 0.628. The van der Waals surface area contributed by atoms with Gasteiger partial charge < -0.3 is 10.2 Å². The van der Waals surface area contributed by atoms with Crippen molar-refractivity contribution in [2.24, 2.45) is 0 Å². The number of hydrogen-bond donors (Lipinski definition) is 1. The average molecular weight is 238 g/mol. The number of halogens is 1. The van der Waals surface area contributed by atoms with Gasteiger partial charge >= 0.3 is 0 Å². The van der Waals surface area contributed by atoms with Gasteiger partial charge in [-0.2, -0.15) is 5.26 Å². The van der Waals surface area contributed by atoms with Crippen LogP contribution < -0.4 is 5.32 Å². The first-order chi connectivity index (χ1) is 7.67. The van der Waals surface area contributed by atoms with Crippen LogP contribution in [0.1, 0.15) is 12.5 Å². The van der Waals surface area contributed by atoms with Gasteiger partial charge in [-0.3, -0.25) is 0 Å². The molecule has 0 aliphatic carbocycles. The van der Waals surface area contributed by atoms with E-state index in [-0.39, 0.29) is 0 Å². The van der Waals surface area contributed by atoms with Gasteiger partial charge in [-0.15, -0.1) is 0 Å². The van der Waals surface area contributed by atoms with E-state index in [1.54, 1.807) is 18.2 Å². The molecule has 1 N–H and O–H groups in total. The van der Waals surface area contributed by atoms with E-state index in [9.17, 15) is 0 Å². The van der Waals surface area contributed by atoms with Crippen LogP contribution in [0, 0.1) is 11.3 Å². The summed E-state index contributed by atoms with van der Waals surface area (Å²) in [6, 6.07) is 7.38. The van der Waals surface area contributed by atoms with Crippen molar-refractivity contribution in [3.8, 4) is 6.07 Å². The van der Waals surface area contributed by atoms with Crippen LogP contribution in [0.5, 0.6) is 0 Å². The molecule has 0 spiro atoms. The summed E-state index contributed by atoms with van der Waals surface area (Å²) in [5.74, 6) is 0. The van der Waals surface area contributed by atoms with Crippen molar-refractivity contribution in [2.75, 3.05) is 32.0 Å². The third-order valence-electron chi connectivity index (χ3n) is 2.45. The zero-order valence-electron chi connectivity index (χ0n) is 9.63. The highest BCUT2D eigenvalue weighted by Crippen LogP contribution is 2.19. The van der Waals surface area contributed by atoms with Crippen molar-refractivity contribution in [2.45, 2.75) is 6.92 Å². The molecule has 0 saturated carbocycles. The lowest BCUT2D eigenvalue weighted by Gasteiger charge is -2.15. The molecule has 0 heterocycles. The second kappa shape index (κ2) is 6.37. The molecule has 0 amide bonds. The van der Waals surface area contributed by atoms with E-state index < -0.39 is 0 Å². The van der Waals surface area contributed by atoms with Crippen molar-refractivity contribution >= 4 is 17.3 Å².